The van der Waals surface area contributed by atoms with Gasteiger partial charge in [0.2, 0.25) is 0 Å². The van der Waals surface area contributed by atoms with E-state index in [1.54, 1.807) is 0 Å². The highest BCUT2D eigenvalue weighted by Crippen LogP contribution is 2.21. The summed E-state index contributed by atoms with van der Waals surface area (Å²) < 4.78 is 10.4. The molecule has 4 nitrogen and oxygen atoms in total. The summed E-state index contributed by atoms with van der Waals surface area (Å²) in [6.45, 7) is 8.27. The van der Waals surface area contributed by atoms with E-state index in [1.165, 1.54) is 6.08 Å². The third kappa shape index (κ3) is 4.12. The van der Waals surface area contributed by atoms with E-state index in [0.29, 0.717) is 13.2 Å². The van der Waals surface area contributed by atoms with Gasteiger partial charge in [-0.2, -0.15) is 0 Å². The normalized spacial score (nSPS) is 25.6. The van der Waals surface area contributed by atoms with E-state index in [0.717, 1.165) is 19.6 Å². The predicted molar refractivity (Wildman–Crippen MR) is 64.9 cm³/mol. The Bertz CT molecular complexity index is 247. The Labute approximate surface area is 103 Å². The molecular formula is C11H20ClNO3. The highest BCUT2D eigenvalue weighted by molar-refractivity contribution is 5.85. The van der Waals surface area contributed by atoms with Gasteiger partial charge in [-0.05, 0) is 14.0 Å². The maximum atomic E-state index is 10.9. The highest BCUT2D eigenvalue weighted by Gasteiger charge is 2.32. The number of ether oxygens (including phenoxy) is 2. The molecule has 0 bridgehead atoms. The summed E-state index contributed by atoms with van der Waals surface area (Å²) in [6.07, 6.45) is 1.96. The number of morpholine rings is 1. The van der Waals surface area contributed by atoms with E-state index in [-0.39, 0.29) is 23.9 Å². The molecular weight excluding hydrogens is 230 g/mol. The second-order valence-corrected chi connectivity index (χ2v) is 4.09. The van der Waals surface area contributed by atoms with Crippen molar-refractivity contribution >= 4 is 18.4 Å². The standard InChI is InChI=1S/C11H19NO3.ClH/c1-4-10(13)15-7-5-11(2)9-14-8-6-12(11)3;/h4H,1,5-9H2,2-3H3;1H. The maximum Gasteiger partial charge on any atom is 0.330 e. The van der Waals surface area contributed by atoms with Crippen molar-refractivity contribution in [2.75, 3.05) is 33.4 Å². The summed E-state index contributed by atoms with van der Waals surface area (Å²) in [4.78, 5) is 13.1. The lowest BCUT2D eigenvalue weighted by Gasteiger charge is -2.42. The van der Waals surface area contributed by atoms with Gasteiger partial charge in [0.15, 0.2) is 0 Å². The molecule has 1 rings (SSSR count). The largest absolute Gasteiger partial charge is 0.462 e. The van der Waals surface area contributed by atoms with Crippen LogP contribution in [-0.4, -0.2) is 49.8 Å². The molecule has 0 aromatic heterocycles. The summed E-state index contributed by atoms with van der Waals surface area (Å²) in [5, 5.41) is 0. The maximum absolute atomic E-state index is 10.9. The summed E-state index contributed by atoms with van der Waals surface area (Å²) in [6, 6.07) is 0. The first kappa shape index (κ1) is 15.4. The molecule has 0 radical (unpaired) electrons. The topological polar surface area (TPSA) is 38.8 Å². The van der Waals surface area contributed by atoms with Crippen molar-refractivity contribution in [2.45, 2.75) is 18.9 Å². The summed E-state index contributed by atoms with van der Waals surface area (Å²) in [5.74, 6) is -0.363. The van der Waals surface area contributed by atoms with Gasteiger partial charge in [-0.1, -0.05) is 6.58 Å². The van der Waals surface area contributed by atoms with Gasteiger partial charge in [-0.3, -0.25) is 4.90 Å². The fraction of sp³-hybridized carbons (Fsp3) is 0.727. The van der Waals surface area contributed by atoms with Crippen molar-refractivity contribution in [3.63, 3.8) is 0 Å². The average Bonchev–Trinajstić information content (AvgIpc) is 2.22. The van der Waals surface area contributed by atoms with Crippen molar-refractivity contribution in [3.05, 3.63) is 12.7 Å². The summed E-state index contributed by atoms with van der Waals surface area (Å²) >= 11 is 0. The zero-order valence-electron chi connectivity index (χ0n) is 9.90. The van der Waals surface area contributed by atoms with Crippen LogP contribution < -0.4 is 0 Å². The first-order valence-corrected chi connectivity index (χ1v) is 5.17. The highest BCUT2D eigenvalue weighted by atomic mass is 35.5. The van der Waals surface area contributed by atoms with E-state index in [2.05, 4.69) is 25.5 Å². The molecule has 1 heterocycles. The van der Waals surface area contributed by atoms with Gasteiger partial charge >= 0.3 is 5.97 Å². The predicted octanol–water partition coefficient (Wildman–Crippen LogP) is 1.25. The number of likely N-dealkylation sites (N-methyl/N-ethyl adjacent to an activating group) is 1. The van der Waals surface area contributed by atoms with Crippen LogP contribution in [0.3, 0.4) is 0 Å². The van der Waals surface area contributed by atoms with Crippen LogP contribution in [0.4, 0.5) is 0 Å². The van der Waals surface area contributed by atoms with Gasteiger partial charge in [0.25, 0.3) is 0 Å². The first-order valence-electron chi connectivity index (χ1n) is 5.17. The molecule has 1 unspecified atom stereocenters. The number of nitrogens with zero attached hydrogens (tertiary/aromatic N) is 1. The summed E-state index contributed by atoms with van der Waals surface area (Å²) in [5.41, 5.74) is -0.0281. The minimum Gasteiger partial charge on any atom is -0.462 e. The molecule has 1 aliphatic rings. The SMILES string of the molecule is C=CC(=O)OCCC1(C)COCCN1C.Cl. The number of esters is 1. The van der Waals surface area contributed by atoms with E-state index in [1.807, 2.05) is 0 Å². The molecule has 0 aliphatic carbocycles. The number of carbonyl (C=O) groups excluding carboxylic acids is 1. The van der Waals surface area contributed by atoms with Crippen LogP contribution in [0.1, 0.15) is 13.3 Å². The number of hydrogen-bond donors (Lipinski definition) is 0. The third-order valence-corrected chi connectivity index (χ3v) is 2.96. The van der Waals surface area contributed by atoms with Gasteiger partial charge in [-0.15, -0.1) is 12.4 Å². The van der Waals surface area contributed by atoms with Crippen molar-refractivity contribution in [2.24, 2.45) is 0 Å². The third-order valence-electron chi connectivity index (χ3n) is 2.96. The minimum atomic E-state index is -0.363. The van der Waals surface area contributed by atoms with Crippen molar-refractivity contribution in [3.8, 4) is 0 Å². The van der Waals surface area contributed by atoms with Gasteiger partial charge in [-0.25, -0.2) is 4.79 Å². The molecule has 1 atom stereocenters. The molecule has 1 saturated heterocycles. The Morgan fingerprint density at radius 1 is 1.69 bits per heavy atom. The quantitative estimate of drug-likeness (QED) is 0.555. The van der Waals surface area contributed by atoms with Crippen molar-refractivity contribution in [1.29, 1.82) is 0 Å². The molecule has 0 amide bonds. The van der Waals surface area contributed by atoms with Crippen LogP contribution in [0.25, 0.3) is 0 Å². The van der Waals surface area contributed by atoms with Crippen LogP contribution >= 0.6 is 12.4 Å². The van der Waals surface area contributed by atoms with E-state index in [9.17, 15) is 4.79 Å². The minimum absolute atomic E-state index is 0. The summed E-state index contributed by atoms with van der Waals surface area (Å²) in [7, 11) is 2.07. The van der Waals surface area contributed by atoms with Gasteiger partial charge in [0.1, 0.15) is 0 Å². The molecule has 0 N–H and O–H groups in total. The van der Waals surface area contributed by atoms with Crippen LogP contribution in [0.5, 0.6) is 0 Å². The molecule has 1 fully saturated rings. The number of rotatable bonds is 4. The fourth-order valence-corrected chi connectivity index (χ4v) is 1.57. The molecule has 5 heteroatoms. The molecule has 0 aromatic rings. The Hall–Kier alpha value is -0.580. The van der Waals surface area contributed by atoms with Gasteiger partial charge in [0, 0.05) is 24.6 Å². The number of carbonyl (C=O) groups is 1. The number of halogens is 1. The van der Waals surface area contributed by atoms with Crippen molar-refractivity contribution in [1.82, 2.24) is 4.90 Å². The van der Waals surface area contributed by atoms with E-state index in [4.69, 9.17) is 9.47 Å². The fourth-order valence-electron chi connectivity index (χ4n) is 1.57. The van der Waals surface area contributed by atoms with Crippen LogP contribution in [0.2, 0.25) is 0 Å². The lowest BCUT2D eigenvalue weighted by Crippen LogP contribution is -2.53. The number of hydrogen-bond acceptors (Lipinski definition) is 4. The van der Waals surface area contributed by atoms with E-state index < -0.39 is 0 Å². The zero-order chi connectivity index (χ0) is 11.3. The zero-order valence-corrected chi connectivity index (χ0v) is 10.7. The second-order valence-electron chi connectivity index (χ2n) is 4.09. The van der Waals surface area contributed by atoms with E-state index >= 15 is 0 Å². The Balaban J connectivity index is 0.00000225. The molecule has 0 aromatic carbocycles. The molecule has 1 aliphatic heterocycles. The van der Waals surface area contributed by atoms with Gasteiger partial charge in [0.05, 0.1) is 19.8 Å². The van der Waals surface area contributed by atoms with Crippen LogP contribution in [0.15, 0.2) is 12.7 Å². The molecule has 0 saturated carbocycles. The lowest BCUT2D eigenvalue weighted by atomic mass is 9.96. The van der Waals surface area contributed by atoms with Gasteiger partial charge < -0.3 is 9.47 Å². The molecule has 0 spiro atoms. The molecule has 94 valence electrons. The van der Waals surface area contributed by atoms with Crippen LogP contribution in [0, 0.1) is 0 Å². The Morgan fingerprint density at radius 2 is 2.38 bits per heavy atom. The Kier molecular flexibility index (Phi) is 6.64. The van der Waals surface area contributed by atoms with Crippen molar-refractivity contribution < 1.29 is 14.3 Å². The Morgan fingerprint density at radius 3 is 2.94 bits per heavy atom. The monoisotopic (exact) mass is 249 g/mol. The smallest absolute Gasteiger partial charge is 0.330 e. The first-order chi connectivity index (χ1) is 7.08. The second kappa shape index (κ2) is 6.89. The lowest BCUT2D eigenvalue weighted by molar-refractivity contribution is -0.139. The molecule has 16 heavy (non-hydrogen) atoms. The van der Waals surface area contributed by atoms with Crippen LogP contribution in [-0.2, 0) is 14.3 Å². The average molecular weight is 250 g/mol.